The van der Waals surface area contributed by atoms with Gasteiger partial charge < -0.3 is 19.5 Å². The third-order valence-corrected chi connectivity index (χ3v) is 3.14. The van der Waals surface area contributed by atoms with Crippen LogP contribution < -0.4 is 10.1 Å². The first-order valence-corrected chi connectivity index (χ1v) is 7.78. The van der Waals surface area contributed by atoms with Crippen molar-refractivity contribution in [1.29, 1.82) is 0 Å². The Morgan fingerprint density at radius 2 is 1.96 bits per heavy atom. The molecular formula is C16H20ClNO6. The molecule has 0 bridgehead atoms. The average Bonchev–Trinajstić information content (AvgIpc) is 2.56. The lowest BCUT2D eigenvalue weighted by atomic mass is 10.2. The Bertz CT molecular complexity index is 590. The predicted molar refractivity (Wildman–Crippen MR) is 87.2 cm³/mol. The lowest BCUT2D eigenvalue weighted by Gasteiger charge is -2.09. The molecule has 0 aliphatic rings. The van der Waals surface area contributed by atoms with Crippen LogP contribution in [-0.2, 0) is 19.1 Å². The van der Waals surface area contributed by atoms with Gasteiger partial charge in [0, 0.05) is 18.0 Å². The van der Waals surface area contributed by atoms with E-state index in [1.165, 1.54) is 19.2 Å². The SMILES string of the molecule is CCOC(=O)CCCNC(=O)COC(=O)c1cc(Cl)ccc1OC. The summed E-state index contributed by atoms with van der Waals surface area (Å²) in [7, 11) is 1.41. The second kappa shape index (κ2) is 10.5. The summed E-state index contributed by atoms with van der Waals surface area (Å²) >= 11 is 5.83. The zero-order valence-corrected chi connectivity index (χ0v) is 14.4. The van der Waals surface area contributed by atoms with Gasteiger partial charge in [-0.1, -0.05) is 11.6 Å². The maximum atomic E-state index is 12.0. The summed E-state index contributed by atoms with van der Waals surface area (Å²) in [5, 5.41) is 2.90. The van der Waals surface area contributed by atoms with E-state index in [0.717, 1.165) is 0 Å². The summed E-state index contributed by atoms with van der Waals surface area (Å²) in [5.74, 6) is -1.19. The van der Waals surface area contributed by atoms with Gasteiger partial charge in [0.15, 0.2) is 6.61 Å². The largest absolute Gasteiger partial charge is 0.496 e. The normalized spacial score (nSPS) is 9.96. The van der Waals surface area contributed by atoms with Crippen molar-refractivity contribution in [3.05, 3.63) is 28.8 Å². The number of amides is 1. The van der Waals surface area contributed by atoms with Gasteiger partial charge in [-0.05, 0) is 31.5 Å². The molecular weight excluding hydrogens is 338 g/mol. The minimum atomic E-state index is -0.712. The second-order valence-electron chi connectivity index (χ2n) is 4.68. The first-order chi connectivity index (χ1) is 11.5. The topological polar surface area (TPSA) is 90.9 Å². The highest BCUT2D eigenvalue weighted by molar-refractivity contribution is 6.31. The lowest BCUT2D eigenvalue weighted by Crippen LogP contribution is -2.30. The number of carbonyl (C=O) groups excluding carboxylic acids is 3. The molecule has 1 N–H and O–H groups in total. The highest BCUT2D eigenvalue weighted by Crippen LogP contribution is 2.23. The molecule has 1 aromatic carbocycles. The molecule has 0 fully saturated rings. The van der Waals surface area contributed by atoms with E-state index < -0.39 is 18.5 Å². The molecule has 0 aliphatic carbocycles. The zero-order chi connectivity index (χ0) is 17.9. The molecule has 0 aromatic heterocycles. The highest BCUT2D eigenvalue weighted by atomic mass is 35.5. The quantitative estimate of drug-likeness (QED) is 0.536. The van der Waals surface area contributed by atoms with Crippen molar-refractivity contribution in [1.82, 2.24) is 5.32 Å². The molecule has 1 rings (SSSR count). The minimum absolute atomic E-state index is 0.139. The Morgan fingerprint density at radius 3 is 2.62 bits per heavy atom. The van der Waals surface area contributed by atoms with Crippen molar-refractivity contribution in [3.63, 3.8) is 0 Å². The maximum Gasteiger partial charge on any atom is 0.342 e. The third-order valence-electron chi connectivity index (χ3n) is 2.90. The molecule has 132 valence electrons. The fourth-order valence-electron chi connectivity index (χ4n) is 1.79. The van der Waals surface area contributed by atoms with E-state index in [1.807, 2.05) is 0 Å². The Morgan fingerprint density at radius 1 is 1.21 bits per heavy atom. The smallest absolute Gasteiger partial charge is 0.342 e. The number of hydrogen-bond acceptors (Lipinski definition) is 6. The third kappa shape index (κ3) is 6.87. The summed E-state index contributed by atoms with van der Waals surface area (Å²) < 4.78 is 14.7. The van der Waals surface area contributed by atoms with Gasteiger partial charge in [-0.3, -0.25) is 9.59 Å². The molecule has 0 radical (unpaired) electrons. The van der Waals surface area contributed by atoms with E-state index in [0.29, 0.717) is 23.8 Å². The first kappa shape index (κ1) is 19.8. The zero-order valence-electron chi connectivity index (χ0n) is 13.6. The van der Waals surface area contributed by atoms with Gasteiger partial charge in [0.05, 0.1) is 13.7 Å². The van der Waals surface area contributed by atoms with Crippen molar-refractivity contribution in [2.45, 2.75) is 19.8 Å². The molecule has 7 nitrogen and oxygen atoms in total. The number of ether oxygens (including phenoxy) is 3. The lowest BCUT2D eigenvalue weighted by molar-refractivity contribution is -0.143. The molecule has 1 amide bonds. The molecule has 1 aromatic rings. The predicted octanol–water partition coefficient (Wildman–Crippen LogP) is 1.96. The van der Waals surface area contributed by atoms with Gasteiger partial charge in [0.1, 0.15) is 11.3 Å². The fraction of sp³-hybridized carbons (Fsp3) is 0.438. The Labute approximate surface area is 145 Å². The molecule has 0 unspecified atom stereocenters. The Balaban J connectivity index is 2.35. The number of rotatable bonds is 9. The highest BCUT2D eigenvalue weighted by Gasteiger charge is 2.16. The van der Waals surface area contributed by atoms with Crippen LogP contribution in [0, 0.1) is 0 Å². The fourth-order valence-corrected chi connectivity index (χ4v) is 1.97. The van der Waals surface area contributed by atoms with Crippen molar-refractivity contribution in [2.75, 3.05) is 26.9 Å². The van der Waals surface area contributed by atoms with Crippen LogP contribution in [0.15, 0.2) is 18.2 Å². The van der Waals surface area contributed by atoms with Gasteiger partial charge >= 0.3 is 11.9 Å². The van der Waals surface area contributed by atoms with Crippen LogP contribution in [-0.4, -0.2) is 44.7 Å². The van der Waals surface area contributed by atoms with Crippen LogP contribution in [0.3, 0.4) is 0 Å². The van der Waals surface area contributed by atoms with E-state index in [4.69, 9.17) is 25.8 Å². The van der Waals surface area contributed by atoms with Gasteiger partial charge in [-0.15, -0.1) is 0 Å². The average molecular weight is 358 g/mol. The van der Waals surface area contributed by atoms with E-state index in [-0.39, 0.29) is 24.5 Å². The second-order valence-corrected chi connectivity index (χ2v) is 5.12. The molecule has 0 aliphatic heterocycles. The molecule has 0 saturated carbocycles. The number of carbonyl (C=O) groups is 3. The van der Waals surface area contributed by atoms with Gasteiger partial charge in [-0.2, -0.15) is 0 Å². The molecule has 0 saturated heterocycles. The number of halogens is 1. The van der Waals surface area contributed by atoms with E-state index in [2.05, 4.69) is 5.32 Å². The Kier molecular flexibility index (Phi) is 8.64. The summed E-state index contributed by atoms with van der Waals surface area (Å²) in [4.78, 5) is 34.7. The van der Waals surface area contributed by atoms with Crippen LogP contribution >= 0.6 is 11.6 Å². The Hall–Kier alpha value is -2.28. The summed E-state index contributed by atoms with van der Waals surface area (Å²) in [6.07, 6.45) is 0.661. The van der Waals surface area contributed by atoms with Crippen LogP contribution in [0.5, 0.6) is 5.75 Å². The van der Waals surface area contributed by atoms with Crippen molar-refractivity contribution < 1.29 is 28.6 Å². The monoisotopic (exact) mass is 357 g/mol. The molecule has 24 heavy (non-hydrogen) atoms. The summed E-state index contributed by atoms with van der Waals surface area (Å²) in [6.45, 7) is 1.90. The van der Waals surface area contributed by atoms with Crippen LogP contribution in [0.4, 0.5) is 0 Å². The molecule has 8 heteroatoms. The number of benzene rings is 1. The number of nitrogens with one attached hydrogen (secondary N) is 1. The van der Waals surface area contributed by atoms with Crippen LogP contribution in [0.25, 0.3) is 0 Å². The van der Waals surface area contributed by atoms with Crippen molar-refractivity contribution in [2.24, 2.45) is 0 Å². The van der Waals surface area contributed by atoms with Crippen molar-refractivity contribution >= 4 is 29.4 Å². The van der Waals surface area contributed by atoms with Crippen LogP contribution in [0.2, 0.25) is 5.02 Å². The van der Waals surface area contributed by atoms with E-state index in [9.17, 15) is 14.4 Å². The molecule has 0 spiro atoms. The summed E-state index contributed by atoms with van der Waals surface area (Å²) in [6, 6.07) is 4.52. The number of methoxy groups -OCH3 is 1. The number of hydrogen-bond donors (Lipinski definition) is 1. The first-order valence-electron chi connectivity index (χ1n) is 7.41. The number of esters is 2. The van der Waals surface area contributed by atoms with Crippen LogP contribution in [0.1, 0.15) is 30.1 Å². The van der Waals surface area contributed by atoms with Gasteiger partial charge in [-0.25, -0.2) is 4.79 Å². The molecule has 0 heterocycles. The van der Waals surface area contributed by atoms with Gasteiger partial charge in [0.2, 0.25) is 0 Å². The standard InChI is InChI=1S/C16H20ClNO6/c1-3-23-15(20)5-4-8-18-14(19)10-24-16(21)12-9-11(17)6-7-13(12)22-2/h6-7,9H,3-5,8,10H2,1-2H3,(H,18,19). The van der Waals surface area contributed by atoms with E-state index in [1.54, 1.807) is 13.0 Å². The molecule has 0 atom stereocenters. The summed E-state index contributed by atoms with van der Waals surface area (Å²) in [5.41, 5.74) is 0.139. The van der Waals surface area contributed by atoms with Crippen molar-refractivity contribution in [3.8, 4) is 5.75 Å². The maximum absolute atomic E-state index is 12.0. The minimum Gasteiger partial charge on any atom is -0.496 e. The van der Waals surface area contributed by atoms with E-state index >= 15 is 0 Å². The van der Waals surface area contributed by atoms with Gasteiger partial charge in [0.25, 0.3) is 5.91 Å².